The van der Waals surface area contributed by atoms with E-state index in [9.17, 15) is 4.79 Å². The average Bonchev–Trinajstić information content (AvgIpc) is 2.52. The molecule has 1 unspecified atom stereocenters. The van der Waals surface area contributed by atoms with Crippen molar-refractivity contribution in [1.29, 1.82) is 0 Å². The van der Waals surface area contributed by atoms with Crippen molar-refractivity contribution in [3.8, 4) is 5.75 Å². The van der Waals surface area contributed by atoms with Crippen LogP contribution in [0.25, 0.3) is 0 Å². The second-order valence-corrected chi connectivity index (χ2v) is 6.61. The molecule has 116 valence electrons. The molecule has 1 aliphatic heterocycles. The molecule has 0 radical (unpaired) electrons. The number of thioether (sulfide) groups is 1. The Kier molecular flexibility index (Phi) is 5.94. The summed E-state index contributed by atoms with van der Waals surface area (Å²) in [4.78, 5) is 15.7. The van der Waals surface area contributed by atoms with Gasteiger partial charge in [-0.05, 0) is 24.1 Å². The first-order valence-electron chi connectivity index (χ1n) is 7.29. The van der Waals surface area contributed by atoms with Crippen molar-refractivity contribution in [2.75, 3.05) is 33.4 Å². The first kappa shape index (κ1) is 16.2. The number of hydrogen-bond donors (Lipinski definition) is 0. The molecule has 2 rings (SSSR count). The maximum absolute atomic E-state index is 12.7. The van der Waals surface area contributed by atoms with Gasteiger partial charge in [-0.3, -0.25) is 4.79 Å². The molecular formula is C16H23NO3S. The number of morpholine rings is 1. The Hall–Kier alpha value is -1.20. The van der Waals surface area contributed by atoms with Gasteiger partial charge in [-0.2, -0.15) is 0 Å². The van der Waals surface area contributed by atoms with E-state index in [0.29, 0.717) is 26.3 Å². The Morgan fingerprint density at radius 2 is 2.05 bits per heavy atom. The molecule has 0 bridgehead atoms. The largest absolute Gasteiger partial charge is 0.497 e. The van der Waals surface area contributed by atoms with Crippen LogP contribution in [0.15, 0.2) is 29.2 Å². The fourth-order valence-electron chi connectivity index (χ4n) is 2.26. The molecule has 1 fully saturated rings. The van der Waals surface area contributed by atoms with Crippen molar-refractivity contribution < 1.29 is 14.3 Å². The van der Waals surface area contributed by atoms with Gasteiger partial charge in [-0.25, -0.2) is 0 Å². The van der Waals surface area contributed by atoms with Crippen molar-refractivity contribution in [2.24, 2.45) is 5.92 Å². The summed E-state index contributed by atoms with van der Waals surface area (Å²) < 4.78 is 10.6. The van der Waals surface area contributed by atoms with Gasteiger partial charge in [-0.15, -0.1) is 11.8 Å². The van der Waals surface area contributed by atoms with Crippen molar-refractivity contribution in [3.63, 3.8) is 0 Å². The molecule has 1 atom stereocenters. The molecule has 4 nitrogen and oxygen atoms in total. The van der Waals surface area contributed by atoms with Gasteiger partial charge in [0.25, 0.3) is 0 Å². The number of benzene rings is 1. The van der Waals surface area contributed by atoms with E-state index in [1.807, 2.05) is 29.2 Å². The molecule has 0 spiro atoms. The van der Waals surface area contributed by atoms with Gasteiger partial charge in [0.15, 0.2) is 0 Å². The van der Waals surface area contributed by atoms with Gasteiger partial charge in [0, 0.05) is 18.0 Å². The standard InChI is InChI=1S/C16H23NO3S/c1-12(2)15(16(18)17-7-9-20-10-8-17)21-14-6-4-5-13(11-14)19-3/h4-6,11-12,15H,7-10H2,1-3H3. The lowest BCUT2D eigenvalue weighted by molar-refractivity contribution is -0.135. The van der Waals surface area contributed by atoms with Crippen molar-refractivity contribution in [1.82, 2.24) is 4.90 Å². The summed E-state index contributed by atoms with van der Waals surface area (Å²) in [5.74, 6) is 1.30. The number of carbonyl (C=O) groups excluding carboxylic acids is 1. The predicted molar refractivity (Wildman–Crippen MR) is 84.9 cm³/mol. The molecule has 1 heterocycles. The Morgan fingerprint density at radius 1 is 1.33 bits per heavy atom. The molecule has 0 N–H and O–H groups in total. The molecule has 1 amide bonds. The number of nitrogens with zero attached hydrogens (tertiary/aromatic N) is 1. The summed E-state index contributed by atoms with van der Waals surface area (Å²) in [6.45, 7) is 6.86. The van der Waals surface area contributed by atoms with Crippen LogP contribution in [0, 0.1) is 5.92 Å². The topological polar surface area (TPSA) is 38.8 Å². The summed E-state index contributed by atoms with van der Waals surface area (Å²) in [6.07, 6.45) is 0. The van der Waals surface area contributed by atoms with Gasteiger partial charge in [0.2, 0.25) is 5.91 Å². The molecular weight excluding hydrogens is 286 g/mol. The van der Waals surface area contributed by atoms with Crippen molar-refractivity contribution in [3.05, 3.63) is 24.3 Å². The highest BCUT2D eigenvalue weighted by Crippen LogP contribution is 2.31. The summed E-state index contributed by atoms with van der Waals surface area (Å²) in [5.41, 5.74) is 0. The van der Waals surface area contributed by atoms with Crippen LogP contribution in [0.3, 0.4) is 0 Å². The van der Waals surface area contributed by atoms with Crippen molar-refractivity contribution in [2.45, 2.75) is 24.0 Å². The van der Waals surface area contributed by atoms with Gasteiger partial charge < -0.3 is 14.4 Å². The highest BCUT2D eigenvalue weighted by molar-refractivity contribution is 8.00. The van der Waals surface area contributed by atoms with Crippen LogP contribution in [0.5, 0.6) is 5.75 Å². The quantitative estimate of drug-likeness (QED) is 0.784. The highest BCUT2D eigenvalue weighted by Gasteiger charge is 2.29. The zero-order valence-corrected chi connectivity index (χ0v) is 13.7. The molecule has 1 aromatic carbocycles. The number of methoxy groups -OCH3 is 1. The van der Waals surface area contributed by atoms with Gasteiger partial charge >= 0.3 is 0 Å². The number of rotatable bonds is 5. The number of hydrogen-bond acceptors (Lipinski definition) is 4. The molecule has 0 aliphatic carbocycles. The summed E-state index contributed by atoms with van der Waals surface area (Å²) in [6, 6.07) is 7.87. The number of amides is 1. The zero-order valence-electron chi connectivity index (χ0n) is 12.9. The van der Waals surface area contributed by atoms with E-state index in [0.717, 1.165) is 10.6 Å². The Labute approximate surface area is 130 Å². The maximum atomic E-state index is 12.7. The third-order valence-electron chi connectivity index (χ3n) is 3.48. The zero-order chi connectivity index (χ0) is 15.2. The first-order chi connectivity index (χ1) is 10.1. The van der Waals surface area contributed by atoms with Gasteiger partial charge in [0.1, 0.15) is 5.75 Å². The molecule has 1 aliphatic rings. The minimum Gasteiger partial charge on any atom is -0.497 e. The molecule has 5 heteroatoms. The second kappa shape index (κ2) is 7.71. The SMILES string of the molecule is COc1cccc(SC(C(=O)N2CCOCC2)C(C)C)c1. The molecule has 21 heavy (non-hydrogen) atoms. The highest BCUT2D eigenvalue weighted by atomic mass is 32.2. The smallest absolute Gasteiger partial charge is 0.236 e. The lowest BCUT2D eigenvalue weighted by atomic mass is 10.1. The van der Waals surface area contributed by atoms with Gasteiger partial charge in [-0.1, -0.05) is 19.9 Å². The van der Waals surface area contributed by atoms with E-state index in [2.05, 4.69) is 13.8 Å². The van der Waals surface area contributed by atoms with E-state index in [1.54, 1.807) is 18.9 Å². The first-order valence-corrected chi connectivity index (χ1v) is 8.17. The minimum absolute atomic E-state index is 0.0739. The monoisotopic (exact) mass is 309 g/mol. The fourth-order valence-corrected chi connectivity index (χ4v) is 3.41. The molecule has 1 aromatic rings. The normalized spacial score (nSPS) is 16.9. The van der Waals surface area contributed by atoms with E-state index in [4.69, 9.17) is 9.47 Å². The van der Waals surface area contributed by atoms with Crippen LogP contribution < -0.4 is 4.74 Å². The van der Waals surface area contributed by atoms with Crippen LogP contribution in [0.4, 0.5) is 0 Å². The maximum Gasteiger partial charge on any atom is 0.236 e. The third kappa shape index (κ3) is 4.38. The predicted octanol–water partition coefficient (Wildman–Crippen LogP) is 2.67. The van der Waals surface area contributed by atoms with E-state index in [-0.39, 0.29) is 17.1 Å². The summed E-state index contributed by atoms with van der Waals surface area (Å²) in [7, 11) is 1.66. The molecule has 1 saturated heterocycles. The van der Waals surface area contributed by atoms with Gasteiger partial charge in [0.05, 0.1) is 25.6 Å². The van der Waals surface area contributed by atoms with E-state index in [1.165, 1.54) is 0 Å². The molecule has 0 aromatic heterocycles. The minimum atomic E-state index is -0.0739. The van der Waals surface area contributed by atoms with E-state index >= 15 is 0 Å². The Balaban J connectivity index is 2.09. The summed E-state index contributed by atoms with van der Waals surface area (Å²) in [5, 5.41) is -0.0739. The van der Waals surface area contributed by atoms with Crippen LogP contribution in [0.1, 0.15) is 13.8 Å². The molecule has 0 saturated carbocycles. The number of ether oxygens (including phenoxy) is 2. The van der Waals surface area contributed by atoms with Crippen LogP contribution in [-0.2, 0) is 9.53 Å². The van der Waals surface area contributed by atoms with Crippen molar-refractivity contribution >= 4 is 17.7 Å². The van der Waals surface area contributed by atoms with E-state index < -0.39 is 0 Å². The lowest BCUT2D eigenvalue weighted by Gasteiger charge is -2.31. The second-order valence-electron chi connectivity index (χ2n) is 5.40. The van der Waals surface area contributed by atoms with Crippen LogP contribution in [0.2, 0.25) is 0 Å². The lowest BCUT2D eigenvalue weighted by Crippen LogP contribution is -2.46. The van der Waals surface area contributed by atoms with Crippen LogP contribution in [-0.4, -0.2) is 49.5 Å². The van der Waals surface area contributed by atoms with Crippen LogP contribution >= 0.6 is 11.8 Å². The third-order valence-corrected chi connectivity index (χ3v) is 5.00. The number of carbonyl (C=O) groups is 1. The fraction of sp³-hybridized carbons (Fsp3) is 0.562. The Bertz CT molecular complexity index is 472. The average molecular weight is 309 g/mol. The summed E-state index contributed by atoms with van der Waals surface area (Å²) >= 11 is 1.62. The Morgan fingerprint density at radius 3 is 2.67 bits per heavy atom.